The minimum Gasteiger partial charge on any atom is -0.385 e. The maximum Gasteiger partial charge on any atom is 0.237 e. The van der Waals surface area contributed by atoms with E-state index in [0.717, 1.165) is 25.2 Å². The quantitative estimate of drug-likeness (QED) is 0.629. The van der Waals surface area contributed by atoms with Gasteiger partial charge in [-0.1, -0.05) is 30.3 Å². The molecule has 1 N–H and O–H groups in total. The Balaban J connectivity index is 1.95. The van der Waals surface area contributed by atoms with Crippen molar-refractivity contribution in [2.45, 2.75) is 39.4 Å². The van der Waals surface area contributed by atoms with Gasteiger partial charge in [-0.05, 0) is 44.5 Å². The van der Waals surface area contributed by atoms with Crippen molar-refractivity contribution in [3.8, 4) is 0 Å². The van der Waals surface area contributed by atoms with Crippen LogP contribution in [-0.4, -0.2) is 48.2 Å². The first-order valence-corrected chi connectivity index (χ1v) is 9.29. The molecule has 0 fully saturated rings. The predicted molar refractivity (Wildman–Crippen MR) is 105 cm³/mol. The molecule has 1 aromatic heterocycles. The van der Waals surface area contributed by atoms with Crippen molar-refractivity contribution in [1.29, 1.82) is 0 Å². The summed E-state index contributed by atoms with van der Waals surface area (Å²) in [6, 6.07) is 14.7. The van der Waals surface area contributed by atoms with E-state index in [-0.39, 0.29) is 11.9 Å². The molecule has 0 aliphatic carbocycles. The first-order chi connectivity index (χ1) is 12.6. The Labute approximate surface area is 157 Å². The molecule has 26 heavy (non-hydrogen) atoms. The van der Waals surface area contributed by atoms with Gasteiger partial charge in [-0.3, -0.25) is 4.79 Å². The highest BCUT2D eigenvalue weighted by atomic mass is 16.5. The van der Waals surface area contributed by atoms with Crippen LogP contribution in [0.3, 0.4) is 0 Å². The van der Waals surface area contributed by atoms with Crippen LogP contribution >= 0.6 is 0 Å². The Morgan fingerprint density at radius 1 is 1.19 bits per heavy atom. The number of amides is 1. The summed E-state index contributed by atoms with van der Waals surface area (Å²) in [6.45, 7) is 7.43. The fourth-order valence-electron chi connectivity index (χ4n) is 2.90. The number of methoxy groups -OCH3 is 1. The number of nitrogens with one attached hydrogen (secondary N) is 1. The second kappa shape index (κ2) is 10.8. The molecule has 0 unspecified atom stereocenters. The number of benzene rings is 1. The van der Waals surface area contributed by atoms with Gasteiger partial charge in [0.15, 0.2) is 0 Å². The SMILES string of the molecule is COCCCNCC(=O)N(Cc1cccn1Cc1ccccc1)C(C)C. The Morgan fingerprint density at radius 2 is 1.96 bits per heavy atom. The van der Waals surface area contributed by atoms with Crippen molar-refractivity contribution in [3.63, 3.8) is 0 Å². The van der Waals surface area contributed by atoms with E-state index in [2.05, 4.69) is 60.3 Å². The van der Waals surface area contributed by atoms with E-state index >= 15 is 0 Å². The van der Waals surface area contributed by atoms with Crippen molar-refractivity contribution in [1.82, 2.24) is 14.8 Å². The van der Waals surface area contributed by atoms with Gasteiger partial charge in [0.1, 0.15) is 0 Å². The Bertz CT molecular complexity index is 652. The largest absolute Gasteiger partial charge is 0.385 e. The van der Waals surface area contributed by atoms with Gasteiger partial charge < -0.3 is 19.5 Å². The molecule has 0 radical (unpaired) electrons. The molecule has 0 aliphatic heterocycles. The molecule has 0 bridgehead atoms. The Hall–Kier alpha value is -2.11. The van der Waals surface area contributed by atoms with Gasteiger partial charge in [-0.25, -0.2) is 0 Å². The van der Waals surface area contributed by atoms with E-state index in [4.69, 9.17) is 4.74 Å². The summed E-state index contributed by atoms with van der Waals surface area (Å²) in [4.78, 5) is 14.6. The van der Waals surface area contributed by atoms with Gasteiger partial charge >= 0.3 is 0 Å². The number of ether oxygens (including phenoxy) is 1. The molecule has 2 rings (SSSR count). The zero-order chi connectivity index (χ0) is 18.8. The highest BCUT2D eigenvalue weighted by Gasteiger charge is 2.18. The second-order valence-corrected chi connectivity index (χ2v) is 6.75. The van der Waals surface area contributed by atoms with Crippen molar-refractivity contribution < 1.29 is 9.53 Å². The number of aromatic nitrogens is 1. The summed E-state index contributed by atoms with van der Waals surface area (Å²) in [5.41, 5.74) is 2.41. The lowest BCUT2D eigenvalue weighted by Gasteiger charge is -2.27. The molecule has 0 saturated carbocycles. The predicted octanol–water partition coefficient (Wildman–Crippen LogP) is 2.90. The van der Waals surface area contributed by atoms with E-state index in [1.54, 1.807) is 7.11 Å². The summed E-state index contributed by atoms with van der Waals surface area (Å²) < 4.78 is 7.24. The molecular weight excluding hydrogens is 326 g/mol. The number of rotatable bonds is 11. The number of hydrogen-bond donors (Lipinski definition) is 1. The van der Waals surface area contributed by atoms with Crippen LogP contribution in [0, 0.1) is 0 Å². The molecule has 5 heteroatoms. The van der Waals surface area contributed by atoms with Crippen LogP contribution in [0.15, 0.2) is 48.7 Å². The van der Waals surface area contributed by atoms with Gasteiger partial charge in [0.2, 0.25) is 5.91 Å². The van der Waals surface area contributed by atoms with Crippen molar-refractivity contribution >= 4 is 5.91 Å². The maximum atomic E-state index is 12.6. The fourth-order valence-corrected chi connectivity index (χ4v) is 2.90. The van der Waals surface area contributed by atoms with E-state index in [1.165, 1.54) is 5.56 Å². The van der Waals surface area contributed by atoms with E-state index in [0.29, 0.717) is 19.7 Å². The van der Waals surface area contributed by atoms with Crippen LogP contribution in [0.25, 0.3) is 0 Å². The highest BCUT2D eigenvalue weighted by Crippen LogP contribution is 2.12. The first-order valence-electron chi connectivity index (χ1n) is 9.29. The van der Waals surface area contributed by atoms with Gasteiger partial charge in [0.25, 0.3) is 0 Å². The average Bonchev–Trinajstić information content (AvgIpc) is 3.06. The summed E-state index contributed by atoms with van der Waals surface area (Å²) in [7, 11) is 1.69. The van der Waals surface area contributed by atoms with E-state index in [9.17, 15) is 4.79 Å². The monoisotopic (exact) mass is 357 g/mol. The molecule has 0 spiro atoms. The topological polar surface area (TPSA) is 46.5 Å². The lowest BCUT2D eigenvalue weighted by Crippen LogP contribution is -2.42. The van der Waals surface area contributed by atoms with Crippen LogP contribution in [0.1, 0.15) is 31.5 Å². The van der Waals surface area contributed by atoms with Gasteiger partial charge in [0.05, 0.1) is 13.1 Å². The van der Waals surface area contributed by atoms with Gasteiger partial charge in [-0.2, -0.15) is 0 Å². The molecule has 1 amide bonds. The van der Waals surface area contributed by atoms with Crippen molar-refractivity contribution in [3.05, 3.63) is 59.9 Å². The third-order valence-electron chi connectivity index (χ3n) is 4.37. The van der Waals surface area contributed by atoms with E-state index < -0.39 is 0 Å². The van der Waals surface area contributed by atoms with Crippen molar-refractivity contribution in [2.24, 2.45) is 0 Å². The summed E-state index contributed by atoms with van der Waals surface area (Å²) in [5.74, 6) is 0.130. The summed E-state index contributed by atoms with van der Waals surface area (Å²) >= 11 is 0. The number of nitrogens with zero attached hydrogens (tertiary/aromatic N) is 2. The summed E-state index contributed by atoms with van der Waals surface area (Å²) in [6.07, 6.45) is 2.99. The van der Waals surface area contributed by atoms with Gasteiger partial charge in [0, 0.05) is 38.2 Å². The smallest absolute Gasteiger partial charge is 0.237 e. The number of hydrogen-bond acceptors (Lipinski definition) is 3. The molecule has 1 heterocycles. The Morgan fingerprint density at radius 3 is 2.65 bits per heavy atom. The molecule has 5 nitrogen and oxygen atoms in total. The van der Waals surface area contributed by atoms with Crippen LogP contribution in [0.5, 0.6) is 0 Å². The molecule has 0 atom stereocenters. The number of carbonyl (C=O) groups is 1. The molecular formula is C21H31N3O2. The molecule has 142 valence electrons. The van der Waals surface area contributed by atoms with Gasteiger partial charge in [-0.15, -0.1) is 0 Å². The molecule has 0 aliphatic rings. The second-order valence-electron chi connectivity index (χ2n) is 6.75. The van der Waals surface area contributed by atoms with Crippen LogP contribution in [-0.2, 0) is 22.6 Å². The van der Waals surface area contributed by atoms with E-state index in [1.807, 2.05) is 17.0 Å². The summed E-state index contributed by atoms with van der Waals surface area (Å²) in [5, 5.41) is 3.21. The molecule has 2 aromatic rings. The normalized spacial score (nSPS) is 11.1. The molecule has 1 aromatic carbocycles. The average molecular weight is 357 g/mol. The zero-order valence-electron chi connectivity index (χ0n) is 16.1. The van der Waals surface area contributed by atoms with Crippen LogP contribution < -0.4 is 5.32 Å². The first kappa shape index (κ1) is 20.2. The minimum absolute atomic E-state index is 0.130. The number of carbonyl (C=O) groups excluding carboxylic acids is 1. The lowest BCUT2D eigenvalue weighted by atomic mass is 10.2. The third kappa shape index (κ3) is 6.32. The lowest BCUT2D eigenvalue weighted by molar-refractivity contribution is -0.132. The fraction of sp³-hybridized carbons (Fsp3) is 0.476. The van der Waals surface area contributed by atoms with Crippen molar-refractivity contribution in [2.75, 3.05) is 26.8 Å². The molecule has 0 saturated heterocycles. The zero-order valence-corrected chi connectivity index (χ0v) is 16.1. The van der Waals surface area contributed by atoms with Crippen LogP contribution in [0.4, 0.5) is 0 Å². The maximum absolute atomic E-state index is 12.6. The minimum atomic E-state index is 0.130. The third-order valence-corrected chi connectivity index (χ3v) is 4.37. The van der Waals surface area contributed by atoms with Crippen LogP contribution in [0.2, 0.25) is 0 Å². The highest BCUT2D eigenvalue weighted by molar-refractivity contribution is 5.78. The Kier molecular flexibility index (Phi) is 8.38. The standard InChI is InChI=1S/C21H31N3O2/c1-18(2)24(21(25)15-22-12-8-14-26-3)17-20-11-7-13-23(20)16-19-9-5-4-6-10-19/h4-7,9-11,13,18,22H,8,12,14-17H2,1-3H3.